The fourth-order valence-electron chi connectivity index (χ4n) is 3.85. The maximum absolute atomic E-state index is 12.4. The van der Waals surface area contributed by atoms with Gasteiger partial charge in [-0.2, -0.15) is 0 Å². The van der Waals surface area contributed by atoms with Crippen molar-refractivity contribution >= 4 is 5.91 Å². The number of hydrogen-bond donors (Lipinski definition) is 1. The Bertz CT molecular complexity index is 877. The normalized spacial score (nSPS) is 19.3. The summed E-state index contributed by atoms with van der Waals surface area (Å²) in [5.74, 6) is 2.31. The number of hydrogen-bond acceptors (Lipinski definition) is 5. The SMILES string of the molecule is Cc1ccccc1COc1ccc2c(c1)OC(CNC(=O)C1CCN(C)CC1)CO2. The first-order valence-corrected chi connectivity index (χ1v) is 10.7. The van der Waals surface area contributed by atoms with Gasteiger partial charge in [0, 0.05) is 12.0 Å². The fraction of sp³-hybridized carbons (Fsp3) is 0.458. The van der Waals surface area contributed by atoms with Crippen molar-refractivity contribution in [1.29, 1.82) is 0 Å². The smallest absolute Gasteiger partial charge is 0.223 e. The van der Waals surface area contributed by atoms with E-state index in [2.05, 4.69) is 36.3 Å². The Morgan fingerprint density at radius 3 is 2.77 bits per heavy atom. The number of carbonyl (C=O) groups excluding carboxylic acids is 1. The van der Waals surface area contributed by atoms with E-state index in [9.17, 15) is 4.79 Å². The molecule has 1 saturated heterocycles. The second-order valence-electron chi connectivity index (χ2n) is 8.20. The summed E-state index contributed by atoms with van der Waals surface area (Å²) in [6.45, 7) is 5.39. The minimum atomic E-state index is -0.209. The van der Waals surface area contributed by atoms with Crippen molar-refractivity contribution in [3.63, 3.8) is 0 Å². The van der Waals surface area contributed by atoms with Crippen LogP contribution in [-0.4, -0.2) is 50.2 Å². The van der Waals surface area contributed by atoms with Gasteiger partial charge in [-0.3, -0.25) is 4.79 Å². The number of nitrogens with zero attached hydrogens (tertiary/aromatic N) is 1. The Balaban J connectivity index is 1.30. The fourth-order valence-corrected chi connectivity index (χ4v) is 3.85. The molecular weight excluding hydrogens is 380 g/mol. The molecule has 6 heteroatoms. The number of rotatable bonds is 6. The quantitative estimate of drug-likeness (QED) is 0.793. The van der Waals surface area contributed by atoms with Crippen LogP contribution in [0, 0.1) is 12.8 Å². The predicted octanol–water partition coefficient (Wildman–Crippen LogP) is 3.17. The van der Waals surface area contributed by atoms with Crippen LogP contribution in [0.1, 0.15) is 24.0 Å². The van der Waals surface area contributed by atoms with Crippen LogP contribution in [0.4, 0.5) is 0 Å². The van der Waals surface area contributed by atoms with Crippen LogP contribution in [0.25, 0.3) is 0 Å². The molecule has 2 aliphatic rings. The molecule has 2 heterocycles. The molecule has 0 aromatic heterocycles. The summed E-state index contributed by atoms with van der Waals surface area (Å²) in [4.78, 5) is 14.7. The molecular formula is C24H30N2O4. The average Bonchev–Trinajstić information content (AvgIpc) is 2.77. The van der Waals surface area contributed by atoms with Gasteiger partial charge in [0.25, 0.3) is 0 Å². The van der Waals surface area contributed by atoms with Gasteiger partial charge in [0.15, 0.2) is 11.5 Å². The van der Waals surface area contributed by atoms with E-state index in [-0.39, 0.29) is 17.9 Å². The largest absolute Gasteiger partial charge is 0.489 e. The Hall–Kier alpha value is -2.73. The van der Waals surface area contributed by atoms with Crippen molar-refractivity contribution in [2.24, 2.45) is 5.92 Å². The van der Waals surface area contributed by atoms with Crippen molar-refractivity contribution in [2.45, 2.75) is 32.5 Å². The molecule has 1 atom stereocenters. The minimum Gasteiger partial charge on any atom is -0.489 e. The number of likely N-dealkylation sites (tertiary alicyclic amines) is 1. The van der Waals surface area contributed by atoms with Crippen LogP contribution in [-0.2, 0) is 11.4 Å². The number of ether oxygens (including phenoxy) is 3. The zero-order valence-corrected chi connectivity index (χ0v) is 17.7. The lowest BCUT2D eigenvalue weighted by molar-refractivity contribution is -0.126. The number of nitrogens with one attached hydrogen (secondary N) is 1. The molecule has 4 rings (SSSR count). The molecule has 1 unspecified atom stereocenters. The first-order valence-electron chi connectivity index (χ1n) is 10.7. The van der Waals surface area contributed by atoms with Crippen LogP contribution in [0.5, 0.6) is 17.2 Å². The monoisotopic (exact) mass is 410 g/mol. The van der Waals surface area contributed by atoms with Crippen molar-refractivity contribution in [2.75, 3.05) is 33.3 Å². The van der Waals surface area contributed by atoms with E-state index in [0.717, 1.165) is 37.2 Å². The first-order chi connectivity index (χ1) is 14.6. The lowest BCUT2D eigenvalue weighted by Gasteiger charge is -2.30. The van der Waals surface area contributed by atoms with Gasteiger partial charge in [-0.1, -0.05) is 24.3 Å². The Labute approximate surface area is 178 Å². The molecule has 160 valence electrons. The summed E-state index contributed by atoms with van der Waals surface area (Å²) >= 11 is 0. The molecule has 0 radical (unpaired) electrons. The molecule has 2 aromatic carbocycles. The maximum Gasteiger partial charge on any atom is 0.223 e. The van der Waals surface area contributed by atoms with Gasteiger partial charge in [0.2, 0.25) is 5.91 Å². The average molecular weight is 411 g/mol. The van der Waals surface area contributed by atoms with Gasteiger partial charge in [-0.25, -0.2) is 0 Å². The van der Waals surface area contributed by atoms with Gasteiger partial charge in [-0.15, -0.1) is 0 Å². The summed E-state index contributed by atoms with van der Waals surface area (Å²) in [6.07, 6.45) is 1.61. The van der Waals surface area contributed by atoms with E-state index in [1.54, 1.807) is 0 Å². The highest BCUT2D eigenvalue weighted by molar-refractivity contribution is 5.78. The molecule has 0 aliphatic carbocycles. The van der Waals surface area contributed by atoms with E-state index in [1.165, 1.54) is 5.56 Å². The van der Waals surface area contributed by atoms with Gasteiger partial charge < -0.3 is 24.4 Å². The maximum atomic E-state index is 12.4. The standard InChI is InChI=1S/C24H30N2O4/c1-17-5-3-4-6-19(17)15-28-20-7-8-22-23(13-20)30-21(16-29-22)14-25-24(27)18-9-11-26(2)12-10-18/h3-8,13,18,21H,9-12,14-16H2,1-2H3,(H,25,27). The molecule has 0 bridgehead atoms. The third-order valence-electron chi connectivity index (χ3n) is 5.88. The van der Waals surface area contributed by atoms with Crippen LogP contribution in [0.2, 0.25) is 0 Å². The molecule has 2 aliphatic heterocycles. The minimum absolute atomic E-state index is 0.0967. The summed E-state index contributed by atoms with van der Waals surface area (Å²) in [6, 6.07) is 13.8. The van der Waals surface area contributed by atoms with Gasteiger partial charge in [0.05, 0.1) is 6.54 Å². The topological polar surface area (TPSA) is 60.0 Å². The summed E-state index contributed by atoms with van der Waals surface area (Å²) in [5.41, 5.74) is 2.36. The molecule has 0 saturated carbocycles. The number of carbonyl (C=O) groups is 1. The van der Waals surface area contributed by atoms with Crippen LogP contribution in [0.3, 0.4) is 0 Å². The van der Waals surface area contributed by atoms with Crippen molar-refractivity contribution in [3.05, 3.63) is 53.6 Å². The second-order valence-corrected chi connectivity index (χ2v) is 8.20. The third-order valence-corrected chi connectivity index (χ3v) is 5.88. The Morgan fingerprint density at radius 1 is 1.17 bits per heavy atom. The van der Waals surface area contributed by atoms with Crippen LogP contribution in [0.15, 0.2) is 42.5 Å². The highest BCUT2D eigenvalue weighted by Gasteiger charge is 2.26. The molecule has 1 amide bonds. The van der Waals surface area contributed by atoms with Crippen molar-refractivity contribution in [3.8, 4) is 17.2 Å². The highest BCUT2D eigenvalue weighted by Crippen LogP contribution is 2.35. The predicted molar refractivity (Wildman–Crippen MR) is 115 cm³/mol. The Morgan fingerprint density at radius 2 is 1.97 bits per heavy atom. The van der Waals surface area contributed by atoms with E-state index in [4.69, 9.17) is 14.2 Å². The third kappa shape index (κ3) is 5.05. The Kier molecular flexibility index (Phi) is 6.43. The van der Waals surface area contributed by atoms with Crippen LogP contribution >= 0.6 is 0 Å². The zero-order chi connectivity index (χ0) is 20.9. The molecule has 30 heavy (non-hydrogen) atoms. The lowest BCUT2D eigenvalue weighted by Crippen LogP contribution is -2.44. The highest BCUT2D eigenvalue weighted by atomic mass is 16.6. The summed E-state index contributed by atoms with van der Waals surface area (Å²) < 4.78 is 17.9. The van der Waals surface area contributed by atoms with E-state index in [0.29, 0.717) is 31.3 Å². The lowest BCUT2D eigenvalue weighted by atomic mass is 9.96. The summed E-state index contributed by atoms with van der Waals surface area (Å²) in [5, 5.41) is 3.04. The second kappa shape index (κ2) is 9.39. The van der Waals surface area contributed by atoms with Gasteiger partial charge >= 0.3 is 0 Å². The number of benzene rings is 2. The van der Waals surface area contributed by atoms with Crippen LogP contribution < -0.4 is 19.5 Å². The number of fused-ring (bicyclic) bond motifs is 1. The molecule has 1 fully saturated rings. The first kappa shape index (κ1) is 20.5. The molecule has 0 spiro atoms. The number of aryl methyl sites for hydroxylation is 1. The van der Waals surface area contributed by atoms with Crippen molar-refractivity contribution in [1.82, 2.24) is 10.2 Å². The van der Waals surface area contributed by atoms with Crippen molar-refractivity contribution < 1.29 is 19.0 Å². The van der Waals surface area contributed by atoms with Gasteiger partial charge in [-0.05, 0) is 63.2 Å². The summed E-state index contributed by atoms with van der Waals surface area (Å²) in [7, 11) is 2.10. The number of piperidine rings is 1. The number of amides is 1. The van der Waals surface area contributed by atoms with E-state index in [1.807, 2.05) is 30.3 Å². The molecule has 1 N–H and O–H groups in total. The zero-order valence-electron chi connectivity index (χ0n) is 17.7. The van der Waals surface area contributed by atoms with E-state index >= 15 is 0 Å². The van der Waals surface area contributed by atoms with E-state index < -0.39 is 0 Å². The molecule has 2 aromatic rings. The molecule has 6 nitrogen and oxygen atoms in total. The van der Waals surface area contributed by atoms with Gasteiger partial charge in [0.1, 0.15) is 25.1 Å².